The van der Waals surface area contributed by atoms with Gasteiger partial charge >= 0.3 is 11.9 Å². The van der Waals surface area contributed by atoms with E-state index in [2.05, 4.69) is 6.07 Å². The maximum absolute atomic E-state index is 11.9. The number of nitriles is 1. The van der Waals surface area contributed by atoms with E-state index in [0.717, 1.165) is 17.5 Å². The number of esters is 2. The van der Waals surface area contributed by atoms with Crippen molar-refractivity contribution < 1.29 is 19.1 Å². The van der Waals surface area contributed by atoms with E-state index in [1.807, 2.05) is 38.1 Å². The van der Waals surface area contributed by atoms with Crippen LogP contribution in [0.3, 0.4) is 0 Å². The van der Waals surface area contributed by atoms with Gasteiger partial charge in [0.25, 0.3) is 0 Å². The van der Waals surface area contributed by atoms with E-state index < -0.39 is 23.3 Å². The van der Waals surface area contributed by atoms with E-state index in [1.165, 1.54) is 14.2 Å². The Kier molecular flexibility index (Phi) is 7.44. The fraction of sp³-hybridized carbons (Fsp3) is 0.526. The molecule has 0 aliphatic carbocycles. The number of hydrogen-bond acceptors (Lipinski definition) is 5. The van der Waals surface area contributed by atoms with Crippen LogP contribution in [0.4, 0.5) is 0 Å². The van der Waals surface area contributed by atoms with Gasteiger partial charge in [-0.15, -0.1) is 0 Å². The van der Waals surface area contributed by atoms with E-state index in [-0.39, 0.29) is 6.42 Å². The van der Waals surface area contributed by atoms with Crippen LogP contribution in [0, 0.1) is 24.2 Å². The molecule has 1 aromatic carbocycles. The van der Waals surface area contributed by atoms with Gasteiger partial charge in [-0.3, -0.25) is 9.59 Å². The smallest absolute Gasteiger partial charge is 0.320 e. The van der Waals surface area contributed by atoms with Gasteiger partial charge in [0, 0.05) is 0 Å². The van der Waals surface area contributed by atoms with E-state index in [4.69, 9.17) is 9.47 Å². The average Bonchev–Trinajstić information content (AvgIpc) is 2.60. The number of carbonyl (C=O) groups excluding carboxylic acids is 2. The molecule has 5 nitrogen and oxygen atoms in total. The number of nitrogens with zero attached hydrogens (tertiary/aromatic N) is 1. The molecule has 0 amide bonds. The van der Waals surface area contributed by atoms with Crippen molar-refractivity contribution >= 4 is 11.9 Å². The number of methoxy groups -OCH3 is 2. The third-order valence-corrected chi connectivity index (χ3v) is 4.29. The number of rotatable bonds is 8. The minimum Gasteiger partial charge on any atom is -0.468 e. The highest BCUT2D eigenvalue weighted by atomic mass is 16.5. The molecule has 0 saturated carbocycles. The highest BCUT2D eigenvalue weighted by Crippen LogP contribution is 2.35. The first-order valence-corrected chi connectivity index (χ1v) is 8.08. The van der Waals surface area contributed by atoms with Crippen molar-refractivity contribution in [3.63, 3.8) is 0 Å². The summed E-state index contributed by atoms with van der Waals surface area (Å²) in [5, 5.41) is 9.87. The molecule has 5 heteroatoms. The summed E-state index contributed by atoms with van der Waals surface area (Å²) in [6, 6.07) is 10.2. The lowest BCUT2D eigenvalue weighted by atomic mass is 9.73. The average molecular weight is 331 g/mol. The minimum atomic E-state index is -1.01. The Hall–Kier alpha value is -2.35. The van der Waals surface area contributed by atoms with Crippen LogP contribution in [-0.2, 0) is 24.5 Å². The van der Waals surface area contributed by atoms with Crippen molar-refractivity contribution in [2.24, 2.45) is 5.92 Å². The highest BCUT2D eigenvalue weighted by Gasteiger charge is 2.36. The Balaban J connectivity index is 3.12. The molecule has 0 fully saturated rings. The first kappa shape index (κ1) is 19.7. The summed E-state index contributed by atoms with van der Waals surface area (Å²) < 4.78 is 9.39. The molecule has 1 atom stereocenters. The van der Waals surface area contributed by atoms with Gasteiger partial charge in [0.1, 0.15) is 0 Å². The number of hydrogen-bond donors (Lipinski definition) is 0. The van der Waals surface area contributed by atoms with Crippen molar-refractivity contribution in [3.8, 4) is 6.07 Å². The molecule has 130 valence electrons. The lowest BCUT2D eigenvalue weighted by molar-refractivity contribution is -0.159. The molecule has 0 spiro atoms. The van der Waals surface area contributed by atoms with Gasteiger partial charge in [0.2, 0.25) is 0 Å². The van der Waals surface area contributed by atoms with Crippen LogP contribution in [-0.4, -0.2) is 26.2 Å². The van der Waals surface area contributed by atoms with Crippen LogP contribution in [0.15, 0.2) is 24.3 Å². The van der Waals surface area contributed by atoms with Gasteiger partial charge in [-0.2, -0.15) is 5.26 Å². The van der Waals surface area contributed by atoms with Crippen molar-refractivity contribution in [2.45, 2.75) is 44.9 Å². The Morgan fingerprint density at radius 2 is 1.83 bits per heavy atom. The SMILES string of the molecule is CCCC(C#N)(CCC(C(=O)OC)C(=O)OC)c1cccc(C)c1. The summed E-state index contributed by atoms with van der Waals surface area (Å²) in [6.07, 6.45) is 2.07. The standard InChI is InChI=1S/C19H25NO4/c1-5-10-19(13-20,15-8-6-7-14(2)12-15)11-9-16(17(21)23-3)18(22)24-4/h6-8,12,16H,5,9-11H2,1-4H3. The van der Waals surface area contributed by atoms with Crippen LogP contribution < -0.4 is 0 Å². The monoisotopic (exact) mass is 331 g/mol. The molecule has 0 N–H and O–H groups in total. The van der Waals surface area contributed by atoms with E-state index in [9.17, 15) is 14.9 Å². The van der Waals surface area contributed by atoms with Crippen LogP contribution in [0.2, 0.25) is 0 Å². The molecular formula is C19H25NO4. The number of ether oxygens (including phenoxy) is 2. The van der Waals surface area contributed by atoms with Gasteiger partial charge in [0.15, 0.2) is 5.92 Å². The fourth-order valence-corrected chi connectivity index (χ4v) is 2.97. The first-order valence-electron chi connectivity index (χ1n) is 8.08. The Morgan fingerprint density at radius 1 is 1.21 bits per heavy atom. The van der Waals surface area contributed by atoms with Crippen LogP contribution >= 0.6 is 0 Å². The summed E-state index contributed by atoms with van der Waals surface area (Å²) in [5.74, 6) is -2.27. The van der Waals surface area contributed by atoms with Crippen molar-refractivity contribution in [1.29, 1.82) is 5.26 Å². The molecule has 1 rings (SSSR count). The van der Waals surface area contributed by atoms with E-state index in [0.29, 0.717) is 12.8 Å². The summed E-state index contributed by atoms with van der Waals surface area (Å²) in [4.78, 5) is 23.7. The van der Waals surface area contributed by atoms with E-state index >= 15 is 0 Å². The minimum absolute atomic E-state index is 0.209. The molecule has 1 aromatic rings. The highest BCUT2D eigenvalue weighted by molar-refractivity contribution is 5.94. The predicted octanol–water partition coefficient (Wildman–Crippen LogP) is 3.30. The maximum Gasteiger partial charge on any atom is 0.320 e. The Morgan fingerprint density at radius 3 is 2.29 bits per heavy atom. The largest absolute Gasteiger partial charge is 0.468 e. The summed E-state index contributed by atoms with van der Waals surface area (Å²) >= 11 is 0. The first-order chi connectivity index (χ1) is 11.4. The summed E-state index contributed by atoms with van der Waals surface area (Å²) in [6.45, 7) is 3.99. The maximum atomic E-state index is 11.9. The zero-order valence-electron chi connectivity index (χ0n) is 14.8. The zero-order chi connectivity index (χ0) is 18.2. The molecule has 0 radical (unpaired) electrons. The molecule has 1 unspecified atom stereocenters. The van der Waals surface area contributed by atoms with Crippen LogP contribution in [0.1, 0.15) is 43.7 Å². The number of carbonyl (C=O) groups is 2. The van der Waals surface area contributed by atoms with Crippen LogP contribution in [0.5, 0.6) is 0 Å². The molecule has 0 bridgehead atoms. The third kappa shape index (κ3) is 4.58. The molecule has 0 heterocycles. The molecule has 0 aliphatic rings. The normalized spacial score (nSPS) is 13.0. The topological polar surface area (TPSA) is 76.4 Å². The fourth-order valence-electron chi connectivity index (χ4n) is 2.97. The second-order valence-electron chi connectivity index (χ2n) is 5.95. The van der Waals surface area contributed by atoms with Crippen molar-refractivity contribution in [3.05, 3.63) is 35.4 Å². The van der Waals surface area contributed by atoms with Gasteiger partial charge in [-0.05, 0) is 31.7 Å². The molecule has 24 heavy (non-hydrogen) atoms. The lowest BCUT2D eigenvalue weighted by Crippen LogP contribution is -2.31. The van der Waals surface area contributed by atoms with Crippen LogP contribution in [0.25, 0.3) is 0 Å². The number of benzene rings is 1. The van der Waals surface area contributed by atoms with Gasteiger partial charge < -0.3 is 9.47 Å². The molecule has 0 aliphatic heterocycles. The lowest BCUT2D eigenvalue weighted by Gasteiger charge is -2.28. The Bertz CT molecular complexity index is 604. The third-order valence-electron chi connectivity index (χ3n) is 4.29. The van der Waals surface area contributed by atoms with Gasteiger partial charge in [-0.25, -0.2) is 0 Å². The second-order valence-corrected chi connectivity index (χ2v) is 5.95. The predicted molar refractivity (Wildman–Crippen MR) is 90.1 cm³/mol. The molecule has 0 aromatic heterocycles. The van der Waals surface area contributed by atoms with Gasteiger partial charge in [-0.1, -0.05) is 43.2 Å². The van der Waals surface area contributed by atoms with Crippen molar-refractivity contribution in [1.82, 2.24) is 0 Å². The summed E-state index contributed by atoms with van der Waals surface area (Å²) in [5.41, 5.74) is 1.25. The van der Waals surface area contributed by atoms with E-state index in [1.54, 1.807) is 0 Å². The zero-order valence-corrected chi connectivity index (χ0v) is 14.8. The molecule has 0 saturated heterocycles. The number of aryl methyl sites for hydroxylation is 1. The van der Waals surface area contributed by atoms with Crippen molar-refractivity contribution in [2.75, 3.05) is 14.2 Å². The van der Waals surface area contributed by atoms with Gasteiger partial charge in [0.05, 0.1) is 25.7 Å². The second kappa shape index (κ2) is 9.07. The molecular weight excluding hydrogens is 306 g/mol. The quantitative estimate of drug-likeness (QED) is 0.539. The summed E-state index contributed by atoms with van der Waals surface area (Å²) in [7, 11) is 2.48. The Labute approximate surface area is 143 Å².